The number of urea groups is 1. The van der Waals surface area contributed by atoms with Crippen LogP contribution in [0.25, 0.3) is 0 Å². The standard InChI is InChI=1S/C14H26N2O3/c1-5-15(10-11(2)3)13(19)16-9-7-6-8-14(16,4)12(17)18/h11H,5-10H2,1-4H3,(H,17,18). The summed E-state index contributed by atoms with van der Waals surface area (Å²) in [6.07, 6.45) is 2.28. The molecule has 0 aromatic rings. The lowest BCUT2D eigenvalue weighted by atomic mass is 9.89. The molecule has 0 saturated carbocycles. The fourth-order valence-electron chi connectivity index (χ4n) is 2.60. The molecule has 0 spiro atoms. The first-order valence-corrected chi connectivity index (χ1v) is 7.12. The highest BCUT2D eigenvalue weighted by atomic mass is 16.4. The zero-order valence-electron chi connectivity index (χ0n) is 12.5. The first kappa shape index (κ1) is 15.8. The minimum Gasteiger partial charge on any atom is -0.480 e. The summed E-state index contributed by atoms with van der Waals surface area (Å²) in [5, 5.41) is 9.44. The van der Waals surface area contributed by atoms with Crippen LogP contribution in [0.4, 0.5) is 4.79 Å². The van der Waals surface area contributed by atoms with E-state index in [1.54, 1.807) is 16.7 Å². The van der Waals surface area contributed by atoms with Gasteiger partial charge in [0, 0.05) is 19.6 Å². The Balaban J connectivity index is 2.90. The highest BCUT2D eigenvalue weighted by molar-refractivity contribution is 5.86. The Hall–Kier alpha value is -1.26. The van der Waals surface area contributed by atoms with E-state index in [0.717, 1.165) is 12.8 Å². The van der Waals surface area contributed by atoms with Crippen molar-refractivity contribution in [3.05, 3.63) is 0 Å². The number of aliphatic carboxylic acids is 1. The van der Waals surface area contributed by atoms with Crippen LogP contribution in [0.2, 0.25) is 0 Å². The van der Waals surface area contributed by atoms with Gasteiger partial charge in [-0.2, -0.15) is 0 Å². The number of nitrogens with zero attached hydrogens (tertiary/aromatic N) is 2. The molecule has 1 atom stereocenters. The van der Waals surface area contributed by atoms with E-state index in [4.69, 9.17) is 0 Å². The molecule has 0 bridgehead atoms. The van der Waals surface area contributed by atoms with Gasteiger partial charge in [0.2, 0.25) is 0 Å². The summed E-state index contributed by atoms with van der Waals surface area (Å²) in [7, 11) is 0. The summed E-state index contributed by atoms with van der Waals surface area (Å²) in [5.41, 5.74) is -1.06. The topological polar surface area (TPSA) is 60.9 Å². The van der Waals surface area contributed by atoms with Gasteiger partial charge in [-0.15, -0.1) is 0 Å². The fraction of sp³-hybridized carbons (Fsp3) is 0.857. The van der Waals surface area contributed by atoms with E-state index < -0.39 is 11.5 Å². The first-order chi connectivity index (χ1) is 8.82. The van der Waals surface area contributed by atoms with Crippen molar-refractivity contribution in [2.24, 2.45) is 5.92 Å². The molecule has 1 saturated heterocycles. The van der Waals surface area contributed by atoms with Gasteiger partial charge < -0.3 is 14.9 Å². The van der Waals surface area contributed by atoms with E-state index in [9.17, 15) is 14.7 Å². The third-order valence-electron chi connectivity index (χ3n) is 3.82. The van der Waals surface area contributed by atoms with Gasteiger partial charge in [0.05, 0.1) is 0 Å². The molecule has 1 heterocycles. The molecule has 1 aliphatic heterocycles. The van der Waals surface area contributed by atoms with Gasteiger partial charge in [0.1, 0.15) is 5.54 Å². The molecule has 1 aliphatic rings. The Bertz CT molecular complexity index is 344. The van der Waals surface area contributed by atoms with Gasteiger partial charge >= 0.3 is 12.0 Å². The molecular formula is C14H26N2O3. The summed E-state index contributed by atoms with van der Waals surface area (Å²) >= 11 is 0. The number of piperidine rings is 1. The van der Waals surface area contributed by atoms with Crippen molar-refractivity contribution >= 4 is 12.0 Å². The number of carbonyl (C=O) groups is 2. The van der Waals surface area contributed by atoms with Gasteiger partial charge in [-0.1, -0.05) is 13.8 Å². The largest absolute Gasteiger partial charge is 0.480 e. The van der Waals surface area contributed by atoms with Crippen LogP contribution in [-0.2, 0) is 4.79 Å². The van der Waals surface area contributed by atoms with E-state index in [0.29, 0.717) is 32.0 Å². The first-order valence-electron chi connectivity index (χ1n) is 7.12. The van der Waals surface area contributed by atoms with Crippen LogP contribution >= 0.6 is 0 Å². The number of carboxylic acids is 1. The lowest BCUT2D eigenvalue weighted by Crippen LogP contribution is -2.60. The van der Waals surface area contributed by atoms with Gasteiger partial charge in [0.15, 0.2) is 0 Å². The second-order valence-electron chi connectivity index (χ2n) is 5.90. The van der Waals surface area contributed by atoms with E-state index >= 15 is 0 Å². The van der Waals surface area contributed by atoms with Gasteiger partial charge in [0.25, 0.3) is 0 Å². The number of carbonyl (C=O) groups excluding carboxylic acids is 1. The molecule has 2 amide bonds. The molecule has 0 aromatic heterocycles. The van der Waals surface area contributed by atoms with Gasteiger partial charge in [-0.3, -0.25) is 0 Å². The van der Waals surface area contributed by atoms with Crippen LogP contribution in [0.3, 0.4) is 0 Å². The molecule has 0 aromatic carbocycles. The van der Waals surface area contributed by atoms with Crippen LogP contribution in [0, 0.1) is 5.92 Å². The van der Waals surface area contributed by atoms with Crippen LogP contribution in [-0.4, -0.2) is 52.1 Å². The lowest BCUT2D eigenvalue weighted by Gasteiger charge is -2.44. The predicted molar refractivity (Wildman–Crippen MR) is 74.1 cm³/mol. The Labute approximate surface area is 115 Å². The molecule has 0 aliphatic carbocycles. The smallest absolute Gasteiger partial charge is 0.329 e. The number of hydrogen-bond donors (Lipinski definition) is 1. The van der Waals surface area contributed by atoms with Crippen molar-refractivity contribution < 1.29 is 14.7 Å². The predicted octanol–water partition coefficient (Wildman–Crippen LogP) is 2.41. The quantitative estimate of drug-likeness (QED) is 0.853. The zero-order chi connectivity index (χ0) is 14.6. The van der Waals surface area contributed by atoms with Crippen molar-refractivity contribution in [1.82, 2.24) is 9.80 Å². The van der Waals surface area contributed by atoms with Crippen LogP contribution < -0.4 is 0 Å². The Morgan fingerprint density at radius 1 is 1.37 bits per heavy atom. The van der Waals surface area contributed by atoms with Crippen LogP contribution in [0.15, 0.2) is 0 Å². The lowest BCUT2D eigenvalue weighted by molar-refractivity contribution is -0.150. The number of likely N-dealkylation sites (tertiary alicyclic amines) is 1. The molecule has 1 rings (SSSR count). The number of carboxylic acid groups (broad SMARTS) is 1. The van der Waals surface area contributed by atoms with E-state index in [2.05, 4.69) is 13.8 Å². The molecule has 1 fully saturated rings. The molecule has 1 unspecified atom stereocenters. The summed E-state index contributed by atoms with van der Waals surface area (Å²) in [6.45, 7) is 9.53. The van der Waals surface area contributed by atoms with Crippen molar-refractivity contribution in [1.29, 1.82) is 0 Å². The number of amides is 2. The summed E-state index contributed by atoms with van der Waals surface area (Å²) in [6, 6.07) is -0.138. The molecule has 1 N–H and O–H groups in total. The molecule has 5 heteroatoms. The maximum Gasteiger partial charge on any atom is 0.329 e. The fourth-order valence-corrected chi connectivity index (χ4v) is 2.60. The summed E-state index contributed by atoms with van der Waals surface area (Å²) < 4.78 is 0. The Morgan fingerprint density at radius 2 is 2.00 bits per heavy atom. The van der Waals surface area contributed by atoms with E-state index in [-0.39, 0.29) is 6.03 Å². The molecule has 110 valence electrons. The van der Waals surface area contributed by atoms with Crippen molar-refractivity contribution in [3.8, 4) is 0 Å². The minimum atomic E-state index is -1.06. The van der Waals surface area contributed by atoms with Crippen LogP contribution in [0.1, 0.15) is 47.0 Å². The Morgan fingerprint density at radius 3 is 2.47 bits per heavy atom. The van der Waals surface area contributed by atoms with Crippen molar-refractivity contribution in [2.75, 3.05) is 19.6 Å². The number of hydrogen-bond acceptors (Lipinski definition) is 2. The maximum atomic E-state index is 12.6. The van der Waals surface area contributed by atoms with E-state index in [1.807, 2.05) is 6.92 Å². The highest BCUT2D eigenvalue weighted by Gasteiger charge is 2.45. The number of rotatable bonds is 4. The molecule has 5 nitrogen and oxygen atoms in total. The molecule has 19 heavy (non-hydrogen) atoms. The zero-order valence-corrected chi connectivity index (χ0v) is 12.5. The average molecular weight is 270 g/mol. The van der Waals surface area contributed by atoms with E-state index in [1.165, 1.54) is 0 Å². The normalized spacial score (nSPS) is 23.5. The van der Waals surface area contributed by atoms with Gasteiger partial charge in [-0.05, 0) is 39.0 Å². The second-order valence-corrected chi connectivity index (χ2v) is 5.90. The summed E-state index contributed by atoms with van der Waals surface area (Å²) in [4.78, 5) is 27.4. The third-order valence-corrected chi connectivity index (χ3v) is 3.82. The average Bonchev–Trinajstić information content (AvgIpc) is 2.35. The van der Waals surface area contributed by atoms with Crippen LogP contribution in [0.5, 0.6) is 0 Å². The SMILES string of the molecule is CCN(CC(C)C)C(=O)N1CCCCC1(C)C(=O)O. The molecule has 0 radical (unpaired) electrons. The van der Waals surface area contributed by atoms with Crippen molar-refractivity contribution in [2.45, 2.75) is 52.5 Å². The minimum absolute atomic E-state index is 0.138. The maximum absolute atomic E-state index is 12.6. The Kier molecular flexibility index (Phi) is 5.20. The molecular weight excluding hydrogens is 244 g/mol. The third kappa shape index (κ3) is 3.39. The van der Waals surface area contributed by atoms with Gasteiger partial charge in [-0.25, -0.2) is 9.59 Å². The highest BCUT2D eigenvalue weighted by Crippen LogP contribution is 2.29. The second kappa shape index (κ2) is 6.26. The van der Waals surface area contributed by atoms with Crippen molar-refractivity contribution in [3.63, 3.8) is 0 Å². The monoisotopic (exact) mass is 270 g/mol. The summed E-state index contributed by atoms with van der Waals surface area (Å²) in [5.74, 6) is -0.522.